The molecule has 0 fully saturated rings. The average molecular weight is 535 g/mol. The van der Waals surface area contributed by atoms with Crippen molar-refractivity contribution >= 4 is 11.7 Å². The second-order valence-corrected chi connectivity index (χ2v) is 9.42. The van der Waals surface area contributed by atoms with E-state index in [0.29, 0.717) is 24.2 Å². The number of carbonyl (C=O) groups excluding carboxylic acids is 2. The Morgan fingerprint density at radius 2 is 1.76 bits per heavy atom. The molecule has 0 atom stereocenters. The molecule has 3 rings (SSSR count). The third-order valence-electron chi connectivity index (χ3n) is 5.21. The van der Waals surface area contributed by atoms with Gasteiger partial charge in [0, 0.05) is 19.5 Å². The van der Waals surface area contributed by atoms with Crippen LogP contribution in [0.5, 0.6) is 5.75 Å². The highest BCUT2D eigenvalue weighted by Crippen LogP contribution is 2.23. The number of ketones is 1. The lowest BCUT2D eigenvalue weighted by atomic mass is 10.1. The van der Waals surface area contributed by atoms with Crippen LogP contribution in [0.4, 0.5) is 13.2 Å². The first-order chi connectivity index (χ1) is 17.9. The number of nitrogens with zero attached hydrogens (tertiary/aromatic N) is 5. The molecule has 0 aliphatic rings. The van der Waals surface area contributed by atoms with Gasteiger partial charge in [0.1, 0.15) is 11.5 Å². The zero-order valence-corrected chi connectivity index (χ0v) is 21.0. The second kappa shape index (κ2) is 12.6. The Balaban J connectivity index is 1.39. The standard InChI is InChI=1S/C25H29F3N6O4/c1-24(2,37)16-29-23(36)22-15-34(33-32-22)11-4-3-7-18-9-10-19(31-30-18)14-20(35)12-17-6-5-8-21(13-17)38-25(26,27)28/h5-6,8-10,13,15,37H,3-4,7,11-12,14,16H2,1-2H3,(H,29,36). The largest absolute Gasteiger partial charge is 0.573 e. The second-order valence-electron chi connectivity index (χ2n) is 9.42. The number of rotatable bonds is 13. The minimum Gasteiger partial charge on any atom is -0.406 e. The molecule has 1 amide bonds. The highest BCUT2D eigenvalue weighted by Gasteiger charge is 2.31. The molecule has 2 heterocycles. The van der Waals surface area contributed by atoms with Crippen LogP contribution in [0.1, 0.15) is 54.1 Å². The molecule has 0 saturated heterocycles. The third kappa shape index (κ3) is 10.2. The van der Waals surface area contributed by atoms with Crippen molar-refractivity contribution in [3.63, 3.8) is 0 Å². The Hall–Kier alpha value is -3.87. The number of carbonyl (C=O) groups is 2. The number of aliphatic hydroxyl groups is 1. The molecule has 1 aromatic carbocycles. The third-order valence-corrected chi connectivity index (χ3v) is 5.21. The van der Waals surface area contributed by atoms with Crippen molar-refractivity contribution in [3.05, 3.63) is 65.2 Å². The molecule has 204 valence electrons. The average Bonchev–Trinajstić information content (AvgIpc) is 3.29. The summed E-state index contributed by atoms with van der Waals surface area (Å²) >= 11 is 0. The number of aromatic nitrogens is 5. The zero-order valence-electron chi connectivity index (χ0n) is 21.0. The topological polar surface area (TPSA) is 132 Å². The maximum atomic E-state index is 12.4. The number of amides is 1. The van der Waals surface area contributed by atoms with Gasteiger partial charge in [-0.25, -0.2) is 0 Å². The number of ether oxygens (including phenoxy) is 1. The SMILES string of the molecule is CC(C)(O)CNC(=O)c1cn(CCCCc2ccc(CC(=O)Cc3cccc(OC(F)(F)F)c3)nn2)nn1. The van der Waals surface area contributed by atoms with E-state index in [0.717, 1.165) is 18.5 Å². The predicted molar refractivity (Wildman–Crippen MR) is 129 cm³/mol. The minimum absolute atomic E-state index is 0.00957. The van der Waals surface area contributed by atoms with Crippen LogP contribution < -0.4 is 10.1 Å². The van der Waals surface area contributed by atoms with E-state index in [9.17, 15) is 27.9 Å². The first kappa shape index (κ1) is 28.7. The van der Waals surface area contributed by atoms with Crippen LogP contribution in [-0.2, 0) is 30.6 Å². The molecule has 3 aromatic rings. The van der Waals surface area contributed by atoms with Gasteiger partial charge in [-0.1, -0.05) is 17.3 Å². The molecule has 10 nitrogen and oxygen atoms in total. The Morgan fingerprint density at radius 1 is 1.03 bits per heavy atom. The van der Waals surface area contributed by atoms with Gasteiger partial charge >= 0.3 is 6.36 Å². The van der Waals surface area contributed by atoms with Crippen molar-refractivity contribution in [2.45, 2.75) is 64.5 Å². The van der Waals surface area contributed by atoms with Crippen molar-refractivity contribution < 1.29 is 32.6 Å². The Labute approximate surface area is 217 Å². The summed E-state index contributed by atoms with van der Waals surface area (Å²) in [5, 5.41) is 28.3. The minimum atomic E-state index is -4.79. The predicted octanol–water partition coefficient (Wildman–Crippen LogP) is 2.84. The summed E-state index contributed by atoms with van der Waals surface area (Å²) in [6, 6.07) is 8.81. The van der Waals surface area contributed by atoms with Crippen LogP contribution in [0.25, 0.3) is 0 Å². The van der Waals surface area contributed by atoms with Crippen LogP contribution in [0.3, 0.4) is 0 Å². The van der Waals surface area contributed by atoms with E-state index in [2.05, 4.69) is 30.6 Å². The first-order valence-corrected chi connectivity index (χ1v) is 11.9. The molecule has 0 aliphatic carbocycles. The Morgan fingerprint density at radius 3 is 2.45 bits per heavy atom. The van der Waals surface area contributed by atoms with Gasteiger partial charge in [0.2, 0.25) is 0 Å². The quantitative estimate of drug-likeness (QED) is 0.320. The molecule has 0 aliphatic heterocycles. The fourth-order valence-electron chi connectivity index (χ4n) is 3.44. The number of halogens is 3. The maximum absolute atomic E-state index is 12.4. The lowest BCUT2D eigenvalue weighted by Crippen LogP contribution is -2.38. The smallest absolute Gasteiger partial charge is 0.406 e. The summed E-state index contributed by atoms with van der Waals surface area (Å²) in [6.45, 7) is 3.83. The number of hydrogen-bond acceptors (Lipinski definition) is 8. The summed E-state index contributed by atoms with van der Waals surface area (Å²) in [7, 11) is 0. The van der Waals surface area contributed by atoms with Crippen LogP contribution in [0.2, 0.25) is 0 Å². The normalized spacial score (nSPS) is 11.8. The summed E-state index contributed by atoms with van der Waals surface area (Å²) in [5.74, 6) is -0.989. The highest BCUT2D eigenvalue weighted by molar-refractivity contribution is 5.91. The van der Waals surface area contributed by atoms with Gasteiger partial charge in [-0.3, -0.25) is 14.3 Å². The molecular formula is C25H29F3N6O4. The number of Topliss-reactive ketones (excluding diaryl/α,β-unsaturated/α-hetero) is 1. The molecule has 38 heavy (non-hydrogen) atoms. The fourth-order valence-corrected chi connectivity index (χ4v) is 3.44. The molecule has 0 spiro atoms. The van der Waals surface area contributed by atoms with Crippen LogP contribution in [0, 0.1) is 0 Å². The van der Waals surface area contributed by atoms with Crippen molar-refractivity contribution in [1.82, 2.24) is 30.5 Å². The van der Waals surface area contributed by atoms with Crippen LogP contribution in [0.15, 0.2) is 42.6 Å². The van der Waals surface area contributed by atoms with Crippen molar-refractivity contribution in [3.8, 4) is 5.75 Å². The summed E-state index contributed by atoms with van der Waals surface area (Å²) in [6.07, 6.45) is -1.10. The number of nitrogens with one attached hydrogen (secondary N) is 1. The van der Waals surface area contributed by atoms with E-state index >= 15 is 0 Å². The Kier molecular flexibility index (Phi) is 9.50. The molecule has 2 N–H and O–H groups in total. The molecule has 0 radical (unpaired) electrons. The molecule has 0 bridgehead atoms. The van der Waals surface area contributed by atoms with Crippen LogP contribution >= 0.6 is 0 Å². The lowest BCUT2D eigenvalue weighted by molar-refractivity contribution is -0.274. The van der Waals surface area contributed by atoms with Crippen LogP contribution in [-0.4, -0.2) is 60.5 Å². The van der Waals surface area contributed by atoms with Gasteiger partial charge in [-0.2, -0.15) is 10.2 Å². The van der Waals surface area contributed by atoms with E-state index < -0.39 is 17.9 Å². The molecule has 0 saturated carbocycles. The maximum Gasteiger partial charge on any atom is 0.573 e. The van der Waals surface area contributed by atoms with Gasteiger partial charge in [0.05, 0.1) is 29.6 Å². The zero-order chi connectivity index (χ0) is 27.8. The van der Waals surface area contributed by atoms with Crippen molar-refractivity contribution in [1.29, 1.82) is 0 Å². The summed E-state index contributed by atoms with van der Waals surface area (Å²) < 4.78 is 42.6. The molecular weight excluding hydrogens is 505 g/mol. The van der Waals surface area contributed by atoms with E-state index in [1.807, 2.05) is 0 Å². The van der Waals surface area contributed by atoms with Gasteiger partial charge in [-0.05, 0) is 62.9 Å². The van der Waals surface area contributed by atoms with E-state index in [4.69, 9.17) is 0 Å². The summed E-state index contributed by atoms with van der Waals surface area (Å²) in [4.78, 5) is 24.4. The van der Waals surface area contributed by atoms with E-state index in [-0.39, 0.29) is 36.6 Å². The number of unbranched alkanes of at least 4 members (excludes halogenated alkanes) is 1. The van der Waals surface area contributed by atoms with Gasteiger partial charge < -0.3 is 15.2 Å². The van der Waals surface area contributed by atoms with E-state index in [1.54, 1.807) is 42.9 Å². The van der Waals surface area contributed by atoms with Gasteiger partial charge in [0.15, 0.2) is 5.69 Å². The number of benzene rings is 1. The molecule has 2 aromatic heterocycles. The number of aryl methyl sites for hydroxylation is 2. The monoisotopic (exact) mass is 534 g/mol. The highest BCUT2D eigenvalue weighted by atomic mass is 19.4. The van der Waals surface area contributed by atoms with Crippen molar-refractivity contribution in [2.24, 2.45) is 0 Å². The molecule has 13 heteroatoms. The number of hydrogen-bond donors (Lipinski definition) is 2. The molecule has 0 unspecified atom stereocenters. The van der Waals surface area contributed by atoms with Gasteiger partial charge in [0.25, 0.3) is 5.91 Å². The van der Waals surface area contributed by atoms with E-state index in [1.165, 1.54) is 18.2 Å². The Bertz CT molecular complexity index is 1220. The number of alkyl halides is 3. The summed E-state index contributed by atoms with van der Waals surface area (Å²) in [5.41, 5.74) is 0.790. The first-order valence-electron chi connectivity index (χ1n) is 11.9. The van der Waals surface area contributed by atoms with Gasteiger partial charge in [-0.15, -0.1) is 18.3 Å². The fraction of sp³-hybridized carbons (Fsp3) is 0.440. The van der Waals surface area contributed by atoms with Crippen molar-refractivity contribution in [2.75, 3.05) is 6.54 Å². The lowest BCUT2D eigenvalue weighted by Gasteiger charge is -2.16.